The van der Waals surface area contributed by atoms with E-state index in [1.807, 2.05) is 12.2 Å². The van der Waals surface area contributed by atoms with Gasteiger partial charge in [-0.05, 0) is 12.5 Å². The molecular weight excluding hydrogens is 168 g/mol. The lowest BCUT2D eigenvalue weighted by atomic mass is 10.3. The van der Waals surface area contributed by atoms with Crippen molar-refractivity contribution in [3.05, 3.63) is 36.1 Å². The van der Waals surface area contributed by atoms with Crippen molar-refractivity contribution < 1.29 is 15.0 Å². The topological polar surface area (TPSA) is 57.5 Å². The molecule has 2 N–H and O–H groups in total. The van der Waals surface area contributed by atoms with Crippen molar-refractivity contribution in [2.24, 2.45) is 0 Å². The average molecular weight is 182 g/mol. The molecule has 0 unspecified atom stereocenters. The van der Waals surface area contributed by atoms with Crippen LogP contribution in [0.1, 0.15) is 19.8 Å². The van der Waals surface area contributed by atoms with Gasteiger partial charge >= 0.3 is 5.97 Å². The van der Waals surface area contributed by atoms with Crippen molar-refractivity contribution in [2.75, 3.05) is 0 Å². The van der Waals surface area contributed by atoms with Crippen molar-refractivity contribution in [3.63, 3.8) is 0 Å². The molecule has 13 heavy (non-hydrogen) atoms. The molecule has 3 nitrogen and oxygen atoms in total. The van der Waals surface area contributed by atoms with Crippen LogP contribution in [-0.2, 0) is 4.79 Å². The molecule has 0 saturated heterocycles. The fourth-order valence-corrected chi connectivity index (χ4v) is 0.624. The van der Waals surface area contributed by atoms with Crippen LogP contribution in [0.15, 0.2) is 36.1 Å². The molecule has 0 aromatic heterocycles. The zero-order valence-electron chi connectivity index (χ0n) is 7.60. The Kier molecular flexibility index (Phi) is 6.32. The fraction of sp³-hybridized carbons (Fsp3) is 0.300. The normalized spacial score (nSPS) is 12.8. The molecule has 72 valence electrons. The van der Waals surface area contributed by atoms with Crippen molar-refractivity contribution in [1.82, 2.24) is 0 Å². The number of aliphatic hydroxyl groups excluding tert-OH is 1. The summed E-state index contributed by atoms with van der Waals surface area (Å²) in [6.45, 7) is 2.07. The van der Waals surface area contributed by atoms with Crippen LogP contribution in [0.5, 0.6) is 0 Å². The second kappa shape index (κ2) is 7.16. The first-order chi connectivity index (χ1) is 6.18. The average Bonchev–Trinajstić information content (AvgIpc) is 2.10. The molecule has 0 saturated carbocycles. The van der Waals surface area contributed by atoms with E-state index in [0.717, 1.165) is 18.9 Å². The van der Waals surface area contributed by atoms with E-state index in [-0.39, 0.29) is 0 Å². The zero-order chi connectivity index (χ0) is 10.1. The summed E-state index contributed by atoms with van der Waals surface area (Å²) in [6, 6.07) is 0. The SMILES string of the molecule is CCCC=CC=CC=C(O)C(=O)O. The number of carboxylic acids is 1. The summed E-state index contributed by atoms with van der Waals surface area (Å²) in [7, 11) is 0. The lowest BCUT2D eigenvalue weighted by Crippen LogP contribution is -1.97. The molecule has 0 aliphatic rings. The monoisotopic (exact) mass is 182 g/mol. The number of hydrogen-bond donors (Lipinski definition) is 2. The molecule has 0 aromatic rings. The standard InChI is InChI=1S/C10H14O3/c1-2-3-4-5-6-7-8-9(11)10(12)13/h4-8,11H,2-3H2,1H3,(H,12,13). The highest BCUT2D eigenvalue weighted by Gasteiger charge is 1.98. The Morgan fingerprint density at radius 2 is 1.92 bits per heavy atom. The largest absolute Gasteiger partial charge is 0.502 e. The highest BCUT2D eigenvalue weighted by atomic mass is 16.4. The van der Waals surface area contributed by atoms with E-state index >= 15 is 0 Å². The molecule has 0 bridgehead atoms. The third-order valence-electron chi connectivity index (χ3n) is 1.29. The molecule has 0 radical (unpaired) electrons. The van der Waals surface area contributed by atoms with Crippen LogP contribution in [0, 0.1) is 0 Å². The number of allylic oxidation sites excluding steroid dienone is 5. The minimum atomic E-state index is -1.32. The Morgan fingerprint density at radius 3 is 2.46 bits per heavy atom. The Hall–Kier alpha value is -1.51. The number of rotatable bonds is 5. The van der Waals surface area contributed by atoms with Gasteiger partial charge in [-0.3, -0.25) is 0 Å². The maximum Gasteiger partial charge on any atom is 0.370 e. The predicted octanol–water partition coefficient (Wildman–Crippen LogP) is 2.43. The van der Waals surface area contributed by atoms with Crippen LogP contribution >= 0.6 is 0 Å². The van der Waals surface area contributed by atoms with Gasteiger partial charge in [0.2, 0.25) is 5.76 Å². The zero-order valence-corrected chi connectivity index (χ0v) is 7.60. The number of aliphatic carboxylic acids is 1. The molecule has 0 atom stereocenters. The molecule has 0 aromatic carbocycles. The second-order valence-corrected chi connectivity index (χ2v) is 2.46. The molecule has 0 aliphatic carbocycles. The fourth-order valence-electron chi connectivity index (χ4n) is 0.624. The van der Waals surface area contributed by atoms with E-state index in [2.05, 4.69) is 6.92 Å². The van der Waals surface area contributed by atoms with E-state index in [1.54, 1.807) is 6.08 Å². The molecule has 0 spiro atoms. The Bertz CT molecular complexity index is 237. The second-order valence-electron chi connectivity index (χ2n) is 2.46. The minimum absolute atomic E-state index is 0.653. The first-order valence-corrected chi connectivity index (χ1v) is 4.14. The summed E-state index contributed by atoms with van der Waals surface area (Å²) >= 11 is 0. The van der Waals surface area contributed by atoms with Crippen LogP contribution in [0.2, 0.25) is 0 Å². The number of unbranched alkanes of at least 4 members (excludes halogenated alkanes) is 1. The smallest absolute Gasteiger partial charge is 0.370 e. The van der Waals surface area contributed by atoms with Crippen LogP contribution in [0.3, 0.4) is 0 Å². The van der Waals surface area contributed by atoms with Gasteiger partial charge in [0.25, 0.3) is 0 Å². The van der Waals surface area contributed by atoms with Crippen molar-refractivity contribution in [2.45, 2.75) is 19.8 Å². The van der Waals surface area contributed by atoms with E-state index in [0.29, 0.717) is 0 Å². The Labute approximate surface area is 77.7 Å². The van der Waals surface area contributed by atoms with Crippen LogP contribution < -0.4 is 0 Å². The number of aliphatic hydroxyl groups is 1. The minimum Gasteiger partial charge on any atom is -0.502 e. The van der Waals surface area contributed by atoms with Crippen LogP contribution in [-0.4, -0.2) is 16.2 Å². The van der Waals surface area contributed by atoms with Crippen LogP contribution in [0.25, 0.3) is 0 Å². The van der Waals surface area contributed by atoms with Gasteiger partial charge in [0.15, 0.2) is 0 Å². The van der Waals surface area contributed by atoms with Crippen molar-refractivity contribution >= 4 is 5.97 Å². The highest BCUT2D eigenvalue weighted by Crippen LogP contribution is 1.91. The van der Waals surface area contributed by atoms with Gasteiger partial charge in [-0.25, -0.2) is 4.79 Å². The summed E-state index contributed by atoms with van der Waals surface area (Å²) < 4.78 is 0. The van der Waals surface area contributed by atoms with Gasteiger partial charge < -0.3 is 10.2 Å². The lowest BCUT2D eigenvalue weighted by Gasteiger charge is -1.85. The van der Waals surface area contributed by atoms with E-state index in [9.17, 15) is 4.79 Å². The van der Waals surface area contributed by atoms with Crippen LogP contribution in [0.4, 0.5) is 0 Å². The van der Waals surface area contributed by atoms with Crippen molar-refractivity contribution in [3.8, 4) is 0 Å². The van der Waals surface area contributed by atoms with Gasteiger partial charge in [0.05, 0.1) is 0 Å². The van der Waals surface area contributed by atoms with Gasteiger partial charge in [-0.2, -0.15) is 0 Å². The summed E-state index contributed by atoms with van der Waals surface area (Å²) in [6.07, 6.45) is 10.2. The highest BCUT2D eigenvalue weighted by molar-refractivity contribution is 5.83. The third-order valence-corrected chi connectivity index (χ3v) is 1.29. The number of carbonyl (C=O) groups is 1. The van der Waals surface area contributed by atoms with Gasteiger partial charge in [0.1, 0.15) is 0 Å². The molecule has 3 heteroatoms. The Morgan fingerprint density at radius 1 is 1.23 bits per heavy atom. The molecule has 0 rings (SSSR count). The maximum absolute atomic E-state index is 10.1. The molecular formula is C10H14O3. The van der Waals surface area contributed by atoms with Crippen molar-refractivity contribution in [1.29, 1.82) is 0 Å². The lowest BCUT2D eigenvalue weighted by molar-refractivity contribution is -0.135. The first kappa shape index (κ1) is 11.5. The first-order valence-electron chi connectivity index (χ1n) is 4.14. The quantitative estimate of drug-likeness (QED) is 0.390. The van der Waals surface area contributed by atoms with Gasteiger partial charge in [0, 0.05) is 0 Å². The number of hydrogen-bond acceptors (Lipinski definition) is 2. The van der Waals surface area contributed by atoms with Gasteiger partial charge in [-0.15, -0.1) is 0 Å². The Balaban J connectivity index is 3.87. The molecule has 0 fully saturated rings. The predicted molar refractivity (Wildman–Crippen MR) is 51.5 cm³/mol. The summed E-state index contributed by atoms with van der Waals surface area (Å²) in [4.78, 5) is 10.1. The van der Waals surface area contributed by atoms with E-state index in [4.69, 9.17) is 10.2 Å². The molecule has 0 heterocycles. The summed E-state index contributed by atoms with van der Waals surface area (Å²) in [5.41, 5.74) is 0. The van der Waals surface area contributed by atoms with Gasteiger partial charge in [-0.1, -0.05) is 37.6 Å². The summed E-state index contributed by atoms with van der Waals surface area (Å²) in [5.74, 6) is -1.97. The third kappa shape index (κ3) is 6.87. The number of carboxylic acid groups (broad SMARTS) is 1. The molecule has 0 aliphatic heterocycles. The van der Waals surface area contributed by atoms with E-state index in [1.165, 1.54) is 6.08 Å². The molecule has 0 amide bonds. The maximum atomic E-state index is 10.1. The van der Waals surface area contributed by atoms with E-state index < -0.39 is 11.7 Å². The summed E-state index contributed by atoms with van der Waals surface area (Å²) in [5, 5.41) is 17.0.